The molecular formula is C10H21NO4. The lowest BCUT2D eigenvalue weighted by Crippen LogP contribution is -2.17. The van der Waals surface area contributed by atoms with Gasteiger partial charge in [0.05, 0.1) is 6.61 Å². The Kier molecular flexibility index (Phi) is 10.3. The minimum atomic E-state index is -0.264. The van der Waals surface area contributed by atoms with E-state index in [0.29, 0.717) is 6.61 Å². The number of methoxy groups -OCH3 is 1. The van der Waals surface area contributed by atoms with Crippen LogP contribution in [0.2, 0.25) is 0 Å². The third-order valence-electron chi connectivity index (χ3n) is 1.40. The Labute approximate surface area is 91.3 Å². The fourth-order valence-corrected chi connectivity index (χ4v) is 0.552. The molecule has 15 heavy (non-hydrogen) atoms. The van der Waals surface area contributed by atoms with E-state index in [0.717, 1.165) is 0 Å². The van der Waals surface area contributed by atoms with Gasteiger partial charge in [0.2, 0.25) is 5.91 Å². The van der Waals surface area contributed by atoms with Crippen LogP contribution in [0.25, 0.3) is 0 Å². The van der Waals surface area contributed by atoms with Gasteiger partial charge in [-0.25, -0.2) is 0 Å². The summed E-state index contributed by atoms with van der Waals surface area (Å²) in [6, 6.07) is 0. The number of ether oxygens (including phenoxy) is 2. The molecular weight excluding hydrogens is 198 g/mol. The van der Waals surface area contributed by atoms with E-state index in [1.165, 1.54) is 18.7 Å². The Morgan fingerprint density at radius 3 is 1.87 bits per heavy atom. The van der Waals surface area contributed by atoms with E-state index in [1.54, 1.807) is 28.1 Å². The summed E-state index contributed by atoms with van der Waals surface area (Å²) in [5.74, 6) is -0.172. The monoisotopic (exact) mass is 219 g/mol. The standard InChI is InChI=1S/C6H12O3.C4H9NO/c1-5(4-8-3)9-6(2)7;1-4(6)5(2)3/h5H,4H2,1-3H3;1-3H3. The van der Waals surface area contributed by atoms with Gasteiger partial charge in [-0.1, -0.05) is 0 Å². The summed E-state index contributed by atoms with van der Waals surface area (Å²) in [5, 5.41) is 0. The fourth-order valence-electron chi connectivity index (χ4n) is 0.552. The molecule has 0 N–H and O–H groups in total. The number of carbonyl (C=O) groups excluding carboxylic acids is 2. The van der Waals surface area contributed by atoms with Gasteiger partial charge in [-0.2, -0.15) is 0 Å². The van der Waals surface area contributed by atoms with E-state index < -0.39 is 0 Å². The van der Waals surface area contributed by atoms with Crippen LogP contribution in [-0.2, 0) is 19.1 Å². The first-order chi connectivity index (χ1) is 6.81. The van der Waals surface area contributed by atoms with Crippen molar-refractivity contribution in [1.82, 2.24) is 4.90 Å². The second-order valence-corrected chi connectivity index (χ2v) is 3.29. The first-order valence-corrected chi connectivity index (χ1v) is 4.65. The Balaban J connectivity index is 0. The van der Waals surface area contributed by atoms with E-state index in [1.807, 2.05) is 0 Å². The molecule has 0 radical (unpaired) electrons. The van der Waals surface area contributed by atoms with Gasteiger partial charge in [-0.05, 0) is 6.92 Å². The maximum Gasteiger partial charge on any atom is 0.302 e. The SMILES string of the molecule is CC(=O)N(C)C.COCC(C)OC(C)=O. The second-order valence-electron chi connectivity index (χ2n) is 3.29. The van der Waals surface area contributed by atoms with Crippen molar-refractivity contribution in [1.29, 1.82) is 0 Å². The average molecular weight is 219 g/mol. The highest BCUT2D eigenvalue weighted by Gasteiger charge is 2.02. The molecule has 0 fully saturated rings. The molecule has 0 saturated carbocycles. The molecule has 0 aliphatic heterocycles. The summed E-state index contributed by atoms with van der Waals surface area (Å²) in [4.78, 5) is 21.8. The topological polar surface area (TPSA) is 55.8 Å². The molecule has 5 heteroatoms. The van der Waals surface area contributed by atoms with E-state index in [2.05, 4.69) is 0 Å². The van der Waals surface area contributed by atoms with Crippen molar-refractivity contribution in [3.05, 3.63) is 0 Å². The summed E-state index contributed by atoms with van der Waals surface area (Å²) >= 11 is 0. The minimum Gasteiger partial charge on any atom is -0.460 e. The zero-order chi connectivity index (χ0) is 12.4. The van der Waals surface area contributed by atoms with Gasteiger partial charge in [0.25, 0.3) is 0 Å². The predicted molar refractivity (Wildman–Crippen MR) is 57.5 cm³/mol. The number of amides is 1. The highest BCUT2D eigenvalue weighted by molar-refractivity contribution is 5.72. The molecule has 1 unspecified atom stereocenters. The second kappa shape index (κ2) is 9.45. The van der Waals surface area contributed by atoms with Gasteiger partial charge in [-0.15, -0.1) is 0 Å². The number of rotatable bonds is 3. The van der Waals surface area contributed by atoms with Crippen molar-refractivity contribution in [2.75, 3.05) is 27.8 Å². The van der Waals surface area contributed by atoms with Gasteiger partial charge in [0.15, 0.2) is 0 Å². The molecule has 90 valence electrons. The third kappa shape index (κ3) is 15.6. The molecule has 1 amide bonds. The van der Waals surface area contributed by atoms with Crippen LogP contribution in [0.15, 0.2) is 0 Å². The van der Waals surface area contributed by atoms with Crippen molar-refractivity contribution in [2.45, 2.75) is 26.9 Å². The maximum absolute atomic E-state index is 10.3. The van der Waals surface area contributed by atoms with E-state index in [-0.39, 0.29) is 18.0 Å². The highest BCUT2D eigenvalue weighted by Crippen LogP contribution is 1.90. The summed E-state index contributed by atoms with van der Waals surface area (Å²) < 4.78 is 9.45. The quantitative estimate of drug-likeness (QED) is 0.655. The molecule has 0 aromatic heterocycles. The van der Waals surface area contributed by atoms with Gasteiger partial charge in [0.1, 0.15) is 6.10 Å². The lowest BCUT2D eigenvalue weighted by atomic mass is 10.4. The first-order valence-electron chi connectivity index (χ1n) is 4.65. The smallest absolute Gasteiger partial charge is 0.302 e. The van der Waals surface area contributed by atoms with Gasteiger partial charge < -0.3 is 14.4 Å². The summed E-state index contributed by atoms with van der Waals surface area (Å²) in [6.07, 6.45) is -0.132. The van der Waals surface area contributed by atoms with Gasteiger partial charge in [0, 0.05) is 35.1 Å². The van der Waals surface area contributed by atoms with Crippen LogP contribution in [-0.4, -0.2) is 50.7 Å². The van der Waals surface area contributed by atoms with Crippen molar-refractivity contribution >= 4 is 11.9 Å². The lowest BCUT2D eigenvalue weighted by Gasteiger charge is -2.08. The van der Waals surface area contributed by atoms with E-state index in [9.17, 15) is 9.59 Å². The molecule has 5 nitrogen and oxygen atoms in total. The zero-order valence-corrected chi connectivity index (χ0v) is 10.4. The van der Waals surface area contributed by atoms with Crippen LogP contribution in [0, 0.1) is 0 Å². The maximum atomic E-state index is 10.3. The lowest BCUT2D eigenvalue weighted by molar-refractivity contribution is -0.147. The Hall–Kier alpha value is -1.10. The molecule has 0 heterocycles. The van der Waals surface area contributed by atoms with Crippen LogP contribution in [0.3, 0.4) is 0 Å². The van der Waals surface area contributed by atoms with Crippen LogP contribution in [0.1, 0.15) is 20.8 Å². The Morgan fingerprint density at radius 1 is 1.27 bits per heavy atom. The minimum absolute atomic E-state index is 0.0926. The molecule has 1 atom stereocenters. The van der Waals surface area contributed by atoms with Gasteiger partial charge >= 0.3 is 5.97 Å². The number of carbonyl (C=O) groups is 2. The highest BCUT2D eigenvalue weighted by atomic mass is 16.6. The molecule has 0 aliphatic rings. The van der Waals surface area contributed by atoms with Crippen molar-refractivity contribution in [2.24, 2.45) is 0 Å². The van der Waals surface area contributed by atoms with E-state index in [4.69, 9.17) is 9.47 Å². The van der Waals surface area contributed by atoms with Crippen LogP contribution >= 0.6 is 0 Å². The Bertz CT molecular complexity index is 192. The summed E-state index contributed by atoms with van der Waals surface area (Å²) in [5.41, 5.74) is 0. The number of hydrogen-bond donors (Lipinski definition) is 0. The third-order valence-corrected chi connectivity index (χ3v) is 1.40. The van der Waals surface area contributed by atoms with Crippen LogP contribution in [0.4, 0.5) is 0 Å². The van der Waals surface area contributed by atoms with Crippen molar-refractivity contribution in [3.8, 4) is 0 Å². The molecule has 0 aromatic carbocycles. The van der Waals surface area contributed by atoms with Crippen LogP contribution in [0.5, 0.6) is 0 Å². The number of hydrogen-bond acceptors (Lipinski definition) is 4. The average Bonchev–Trinajstić information content (AvgIpc) is 2.03. The number of nitrogens with zero attached hydrogens (tertiary/aromatic N) is 1. The molecule has 0 aliphatic carbocycles. The summed E-state index contributed by atoms with van der Waals surface area (Å²) in [7, 11) is 5.02. The van der Waals surface area contributed by atoms with E-state index >= 15 is 0 Å². The zero-order valence-electron chi connectivity index (χ0n) is 10.4. The van der Waals surface area contributed by atoms with Gasteiger partial charge in [-0.3, -0.25) is 9.59 Å². The Morgan fingerprint density at radius 2 is 1.67 bits per heavy atom. The molecule has 0 aromatic rings. The predicted octanol–water partition coefficient (Wildman–Crippen LogP) is 0.679. The normalized spacial score (nSPS) is 10.8. The first kappa shape index (κ1) is 16.3. The molecule has 0 rings (SSSR count). The molecule has 0 spiro atoms. The number of esters is 1. The summed E-state index contributed by atoms with van der Waals surface area (Å²) in [6.45, 7) is 5.15. The molecule has 0 saturated heterocycles. The van der Waals surface area contributed by atoms with Crippen molar-refractivity contribution in [3.63, 3.8) is 0 Å². The fraction of sp³-hybridized carbons (Fsp3) is 0.800. The largest absolute Gasteiger partial charge is 0.460 e. The van der Waals surface area contributed by atoms with Crippen LogP contribution < -0.4 is 0 Å². The molecule has 0 bridgehead atoms. The van der Waals surface area contributed by atoms with Crippen molar-refractivity contribution < 1.29 is 19.1 Å².